The van der Waals surface area contributed by atoms with E-state index in [9.17, 15) is 0 Å². The maximum Gasteiger partial charge on any atom is 0.191 e. The van der Waals surface area contributed by atoms with Gasteiger partial charge in [0.25, 0.3) is 0 Å². The molecule has 20 heavy (non-hydrogen) atoms. The number of hydrogen-bond donors (Lipinski definition) is 1. The summed E-state index contributed by atoms with van der Waals surface area (Å²) >= 11 is 0. The van der Waals surface area contributed by atoms with E-state index in [0.717, 1.165) is 38.7 Å². The van der Waals surface area contributed by atoms with Gasteiger partial charge in [-0.2, -0.15) is 0 Å². The number of aliphatic imine (C=N–C) groups is 1. The van der Waals surface area contributed by atoms with E-state index >= 15 is 0 Å². The van der Waals surface area contributed by atoms with Crippen molar-refractivity contribution in [2.24, 2.45) is 10.7 Å². The highest BCUT2D eigenvalue weighted by Gasteiger charge is 2.23. The highest BCUT2D eigenvalue weighted by atomic mass is 16.5. The summed E-state index contributed by atoms with van der Waals surface area (Å²) in [4.78, 5) is 9.42. The maximum atomic E-state index is 6.17. The minimum atomic E-state index is 0.552. The summed E-state index contributed by atoms with van der Waals surface area (Å²) in [5.41, 5.74) is 6.17. The molecule has 2 N–H and O–H groups in total. The third kappa shape index (κ3) is 4.63. The fraction of sp³-hybridized carbons (Fsp3) is 0.933. The zero-order valence-corrected chi connectivity index (χ0v) is 12.9. The minimum Gasteiger partial charge on any atom is -0.383 e. The molecule has 2 aliphatic rings. The lowest BCUT2D eigenvalue weighted by Gasteiger charge is -2.24. The molecule has 2 fully saturated rings. The van der Waals surface area contributed by atoms with E-state index < -0.39 is 0 Å². The number of rotatable bonds is 5. The summed E-state index contributed by atoms with van der Waals surface area (Å²) in [6, 6.07) is 0.552. The van der Waals surface area contributed by atoms with Crippen LogP contribution in [0.4, 0.5) is 0 Å². The van der Waals surface area contributed by atoms with Crippen LogP contribution in [0.1, 0.15) is 38.5 Å². The van der Waals surface area contributed by atoms with Gasteiger partial charge in [0.05, 0.1) is 13.2 Å². The molecular formula is C15H30N4O. The summed E-state index contributed by atoms with van der Waals surface area (Å²) in [5, 5.41) is 0. The molecule has 116 valence electrons. The normalized spacial score (nSPS) is 25.9. The lowest BCUT2D eigenvalue weighted by atomic mass is 10.2. The van der Waals surface area contributed by atoms with E-state index in [1.54, 1.807) is 7.11 Å². The van der Waals surface area contributed by atoms with Crippen LogP contribution in [0.2, 0.25) is 0 Å². The van der Waals surface area contributed by atoms with Gasteiger partial charge in [-0.1, -0.05) is 12.8 Å². The highest BCUT2D eigenvalue weighted by Crippen LogP contribution is 2.17. The van der Waals surface area contributed by atoms with Gasteiger partial charge >= 0.3 is 0 Å². The van der Waals surface area contributed by atoms with Crippen molar-refractivity contribution >= 4 is 5.96 Å². The molecule has 0 amide bonds. The molecule has 0 spiro atoms. The molecule has 0 aromatic heterocycles. The Balaban J connectivity index is 1.80. The van der Waals surface area contributed by atoms with E-state index in [1.165, 1.54) is 45.1 Å². The first-order valence-corrected chi connectivity index (χ1v) is 8.09. The van der Waals surface area contributed by atoms with Crippen LogP contribution in [0, 0.1) is 0 Å². The zero-order valence-electron chi connectivity index (χ0n) is 12.9. The van der Waals surface area contributed by atoms with Crippen LogP contribution in [0.5, 0.6) is 0 Å². The molecule has 0 aromatic rings. The van der Waals surface area contributed by atoms with Crippen molar-refractivity contribution in [1.29, 1.82) is 0 Å². The van der Waals surface area contributed by atoms with E-state index in [-0.39, 0.29) is 0 Å². The Hall–Kier alpha value is -0.810. The van der Waals surface area contributed by atoms with E-state index in [2.05, 4.69) is 14.8 Å². The van der Waals surface area contributed by atoms with Gasteiger partial charge < -0.3 is 15.4 Å². The first-order valence-electron chi connectivity index (χ1n) is 8.09. The summed E-state index contributed by atoms with van der Waals surface area (Å²) < 4.78 is 5.18. The molecule has 1 unspecified atom stereocenters. The number of nitrogens with zero attached hydrogens (tertiary/aromatic N) is 3. The number of hydrogen-bond acceptors (Lipinski definition) is 3. The van der Waals surface area contributed by atoms with Gasteiger partial charge in [0, 0.05) is 32.8 Å². The van der Waals surface area contributed by atoms with Crippen LogP contribution in [-0.4, -0.2) is 68.2 Å². The van der Waals surface area contributed by atoms with Gasteiger partial charge in [0.2, 0.25) is 0 Å². The smallest absolute Gasteiger partial charge is 0.191 e. The highest BCUT2D eigenvalue weighted by molar-refractivity contribution is 5.78. The molecule has 2 saturated heterocycles. The van der Waals surface area contributed by atoms with Crippen molar-refractivity contribution in [2.75, 3.05) is 46.4 Å². The fourth-order valence-corrected chi connectivity index (χ4v) is 3.20. The van der Waals surface area contributed by atoms with Gasteiger partial charge in [0.1, 0.15) is 0 Å². The lowest BCUT2D eigenvalue weighted by molar-refractivity contribution is 0.142. The summed E-state index contributed by atoms with van der Waals surface area (Å²) in [6.45, 7) is 5.99. The molecule has 0 radical (unpaired) electrons. The van der Waals surface area contributed by atoms with Crippen LogP contribution in [0.15, 0.2) is 4.99 Å². The van der Waals surface area contributed by atoms with Crippen LogP contribution in [0.25, 0.3) is 0 Å². The van der Waals surface area contributed by atoms with Crippen LogP contribution in [-0.2, 0) is 4.74 Å². The SMILES string of the molecule is COCCN1CCCC1CN=C(N)N1CCCCCC1. The van der Waals surface area contributed by atoms with Crippen molar-refractivity contribution in [3.63, 3.8) is 0 Å². The third-order valence-corrected chi connectivity index (χ3v) is 4.48. The zero-order chi connectivity index (χ0) is 14.2. The van der Waals surface area contributed by atoms with E-state index in [4.69, 9.17) is 10.5 Å². The fourth-order valence-electron chi connectivity index (χ4n) is 3.20. The predicted molar refractivity (Wildman–Crippen MR) is 83.0 cm³/mol. The van der Waals surface area contributed by atoms with Crippen molar-refractivity contribution in [2.45, 2.75) is 44.6 Å². The summed E-state index contributed by atoms with van der Waals surface area (Å²) in [5.74, 6) is 0.755. The number of nitrogens with two attached hydrogens (primary N) is 1. The summed E-state index contributed by atoms with van der Waals surface area (Å²) in [7, 11) is 1.76. The molecule has 2 heterocycles. The van der Waals surface area contributed by atoms with E-state index in [0.29, 0.717) is 6.04 Å². The minimum absolute atomic E-state index is 0.552. The average molecular weight is 282 g/mol. The molecule has 5 heteroatoms. The van der Waals surface area contributed by atoms with Crippen LogP contribution < -0.4 is 5.73 Å². The van der Waals surface area contributed by atoms with Crippen molar-refractivity contribution in [1.82, 2.24) is 9.80 Å². The monoisotopic (exact) mass is 282 g/mol. The second-order valence-corrected chi connectivity index (χ2v) is 5.92. The standard InChI is InChI=1S/C15H30N4O/c1-20-12-11-18-10-6-7-14(18)13-17-15(16)19-8-4-2-3-5-9-19/h14H,2-13H2,1H3,(H2,16,17). The third-order valence-electron chi connectivity index (χ3n) is 4.48. The topological polar surface area (TPSA) is 54.1 Å². The molecular weight excluding hydrogens is 252 g/mol. The van der Waals surface area contributed by atoms with Crippen molar-refractivity contribution in [3.05, 3.63) is 0 Å². The predicted octanol–water partition coefficient (Wildman–Crippen LogP) is 1.29. The Morgan fingerprint density at radius 3 is 2.60 bits per heavy atom. The first-order chi connectivity index (χ1) is 9.81. The average Bonchev–Trinajstić information content (AvgIpc) is 2.73. The molecule has 1 atom stereocenters. The van der Waals surface area contributed by atoms with Crippen LogP contribution in [0.3, 0.4) is 0 Å². The number of ether oxygens (including phenoxy) is 1. The van der Waals surface area contributed by atoms with Gasteiger partial charge in [-0.3, -0.25) is 9.89 Å². The van der Waals surface area contributed by atoms with Gasteiger partial charge in [-0.25, -0.2) is 0 Å². The van der Waals surface area contributed by atoms with Crippen molar-refractivity contribution in [3.8, 4) is 0 Å². The van der Waals surface area contributed by atoms with Gasteiger partial charge in [0.15, 0.2) is 5.96 Å². The Morgan fingerprint density at radius 2 is 1.90 bits per heavy atom. The number of methoxy groups -OCH3 is 1. The Morgan fingerprint density at radius 1 is 1.15 bits per heavy atom. The maximum absolute atomic E-state index is 6.17. The first kappa shape index (κ1) is 15.6. The Labute approximate surface area is 123 Å². The Bertz CT molecular complexity index is 300. The molecule has 0 aliphatic carbocycles. The van der Waals surface area contributed by atoms with E-state index in [1.807, 2.05) is 0 Å². The number of likely N-dealkylation sites (tertiary alicyclic amines) is 2. The molecule has 0 saturated carbocycles. The van der Waals surface area contributed by atoms with Crippen LogP contribution >= 0.6 is 0 Å². The quantitative estimate of drug-likeness (QED) is 0.610. The molecule has 0 bridgehead atoms. The largest absolute Gasteiger partial charge is 0.383 e. The number of guanidine groups is 1. The van der Waals surface area contributed by atoms with Gasteiger partial charge in [-0.15, -0.1) is 0 Å². The second kappa shape index (κ2) is 8.47. The Kier molecular flexibility index (Phi) is 6.60. The molecule has 2 rings (SSSR count). The lowest BCUT2D eigenvalue weighted by Crippen LogP contribution is -2.40. The van der Waals surface area contributed by atoms with Crippen molar-refractivity contribution < 1.29 is 4.74 Å². The second-order valence-electron chi connectivity index (χ2n) is 5.92. The molecule has 5 nitrogen and oxygen atoms in total. The molecule has 2 aliphatic heterocycles. The summed E-state index contributed by atoms with van der Waals surface area (Å²) in [6.07, 6.45) is 7.67. The molecule has 0 aromatic carbocycles. The van der Waals surface area contributed by atoms with Gasteiger partial charge in [-0.05, 0) is 32.2 Å².